The van der Waals surface area contributed by atoms with Gasteiger partial charge in [0, 0.05) is 36.4 Å². The van der Waals surface area contributed by atoms with Crippen molar-refractivity contribution in [2.45, 2.75) is 53.2 Å². The molecule has 1 fully saturated rings. The molecule has 1 atom stereocenters. The summed E-state index contributed by atoms with van der Waals surface area (Å²) in [6, 6.07) is 5.77. The predicted molar refractivity (Wildman–Crippen MR) is 117 cm³/mol. The van der Waals surface area contributed by atoms with E-state index in [1.54, 1.807) is 23.2 Å². The molecule has 31 heavy (non-hydrogen) atoms. The first-order chi connectivity index (χ1) is 14.9. The lowest BCUT2D eigenvalue weighted by molar-refractivity contribution is 0.0513. The molecule has 0 aliphatic carbocycles. The molecular formula is C23H27N5O3. The van der Waals surface area contributed by atoms with Crippen molar-refractivity contribution in [3.8, 4) is 6.01 Å². The monoisotopic (exact) mass is 421 g/mol. The van der Waals surface area contributed by atoms with Crippen LogP contribution in [-0.2, 0) is 6.54 Å². The minimum atomic E-state index is -0.280. The summed E-state index contributed by atoms with van der Waals surface area (Å²) in [4.78, 5) is 41.3. The van der Waals surface area contributed by atoms with Gasteiger partial charge in [0.2, 0.25) is 5.43 Å². The zero-order valence-electron chi connectivity index (χ0n) is 18.4. The molecule has 0 aromatic carbocycles. The molecule has 1 saturated heterocycles. The van der Waals surface area contributed by atoms with Crippen LogP contribution in [0.2, 0.25) is 0 Å². The molecule has 8 nitrogen and oxygen atoms in total. The van der Waals surface area contributed by atoms with Crippen LogP contribution in [0.4, 0.5) is 0 Å². The number of nitrogens with zero attached hydrogens (tertiary/aromatic N) is 5. The molecule has 8 heteroatoms. The van der Waals surface area contributed by atoms with Crippen molar-refractivity contribution in [1.82, 2.24) is 24.4 Å². The van der Waals surface area contributed by atoms with E-state index < -0.39 is 0 Å². The minimum absolute atomic E-state index is 0.170. The Labute approximate surface area is 180 Å². The van der Waals surface area contributed by atoms with Crippen LogP contribution in [0.5, 0.6) is 6.01 Å². The molecule has 1 aliphatic heterocycles. The van der Waals surface area contributed by atoms with Crippen molar-refractivity contribution >= 4 is 16.9 Å². The number of aryl methyl sites for hydroxylation is 4. The SMILES string of the molecule is CCn1cc(C(=O)N2CCCC(Oc3nc(C)cc(C)n3)C2)c(=O)c2ccc(C)nc21. The highest BCUT2D eigenvalue weighted by atomic mass is 16.5. The lowest BCUT2D eigenvalue weighted by Gasteiger charge is -2.32. The van der Waals surface area contributed by atoms with E-state index in [9.17, 15) is 9.59 Å². The third-order valence-corrected chi connectivity index (χ3v) is 5.53. The van der Waals surface area contributed by atoms with Crippen molar-refractivity contribution in [3.63, 3.8) is 0 Å². The summed E-state index contributed by atoms with van der Waals surface area (Å²) in [7, 11) is 0. The Morgan fingerprint density at radius 1 is 1.13 bits per heavy atom. The Hall–Kier alpha value is -3.29. The topological polar surface area (TPSA) is 90.2 Å². The van der Waals surface area contributed by atoms with Crippen molar-refractivity contribution in [3.05, 3.63) is 57.3 Å². The van der Waals surface area contributed by atoms with E-state index in [0.29, 0.717) is 36.7 Å². The van der Waals surface area contributed by atoms with E-state index in [1.807, 2.05) is 38.3 Å². The first kappa shape index (κ1) is 21.0. The fourth-order valence-electron chi connectivity index (χ4n) is 4.04. The molecule has 0 saturated carbocycles. The number of carbonyl (C=O) groups excluding carboxylic acids is 1. The van der Waals surface area contributed by atoms with Crippen LogP contribution in [0.15, 0.2) is 29.2 Å². The Morgan fingerprint density at radius 3 is 2.58 bits per heavy atom. The van der Waals surface area contributed by atoms with E-state index in [2.05, 4.69) is 15.0 Å². The number of hydrogen-bond acceptors (Lipinski definition) is 6. The van der Waals surface area contributed by atoms with E-state index >= 15 is 0 Å². The highest BCUT2D eigenvalue weighted by Gasteiger charge is 2.28. The van der Waals surface area contributed by atoms with Gasteiger partial charge in [0.25, 0.3) is 5.91 Å². The van der Waals surface area contributed by atoms with Crippen molar-refractivity contribution in [2.75, 3.05) is 13.1 Å². The fraction of sp³-hybridized carbons (Fsp3) is 0.435. The fourth-order valence-corrected chi connectivity index (χ4v) is 4.04. The Balaban J connectivity index is 1.60. The van der Waals surface area contributed by atoms with Gasteiger partial charge in [-0.1, -0.05) is 0 Å². The van der Waals surface area contributed by atoms with Gasteiger partial charge < -0.3 is 14.2 Å². The molecule has 0 N–H and O–H groups in total. The van der Waals surface area contributed by atoms with Crippen molar-refractivity contribution < 1.29 is 9.53 Å². The van der Waals surface area contributed by atoms with Crippen LogP contribution < -0.4 is 10.2 Å². The zero-order chi connectivity index (χ0) is 22.1. The number of carbonyl (C=O) groups is 1. The highest BCUT2D eigenvalue weighted by molar-refractivity contribution is 5.97. The van der Waals surface area contributed by atoms with Crippen LogP contribution in [0.1, 0.15) is 47.2 Å². The smallest absolute Gasteiger partial charge is 0.317 e. The Bertz CT molecular complexity index is 1180. The number of ether oxygens (including phenoxy) is 1. The van der Waals surface area contributed by atoms with Gasteiger partial charge in [-0.05, 0) is 58.7 Å². The number of aromatic nitrogens is 4. The molecule has 162 valence electrons. The average Bonchev–Trinajstić information content (AvgIpc) is 2.73. The molecule has 4 heterocycles. The van der Waals surface area contributed by atoms with Gasteiger partial charge in [-0.25, -0.2) is 15.0 Å². The molecule has 0 bridgehead atoms. The molecule has 1 amide bonds. The number of pyridine rings is 2. The summed E-state index contributed by atoms with van der Waals surface area (Å²) in [6.45, 7) is 9.24. The van der Waals surface area contributed by atoms with Crippen LogP contribution in [-0.4, -0.2) is 49.5 Å². The van der Waals surface area contributed by atoms with Crippen LogP contribution >= 0.6 is 0 Å². The van der Waals surface area contributed by atoms with E-state index in [1.165, 1.54) is 0 Å². The van der Waals surface area contributed by atoms with Gasteiger partial charge in [-0.3, -0.25) is 9.59 Å². The van der Waals surface area contributed by atoms with Gasteiger partial charge in [-0.15, -0.1) is 0 Å². The van der Waals surface area contributed by atoms with Crippen LogP contribution in [0, 0.1) is 20.8 Å². The number of fused-ring (bicyclic) bond motifs is 1. The van der Waals surface area contributed by atoms with Crippen molar-refractivity contribution in [1.29, 1.82) is 0 Å². The first-order valence-corrected chi connectivity index (χ1v) is 10.6. The standard InChI is InChI=1S/C23H27N5O3/c1-5-27-13-19(20(29)18-9-8-14(2)24-21(18)27)22(30)28-10-6-7-17(12-28)31-23-25-15(3)11-16(4)26-23/h8-9,11,13,17H,5-7,10,12H2,1-4H3. The highest BCUT2D eigenvalue weighted by Crippen LogP contribution is 2.19. The van der Waals surface area contributed by atoms with E-state index in [4.69, 9.17) is 4.74 Å². The summed E-state index contributed by atoms with van der Waals surface area (Å²) < 4.78 is 7.84. The normalized spacial score (nSPS) is 16.5. The first-order valence-electron chi connectivity index (χ1n) is 10.6. The van der Waals surface area contributed by atoms with Gasteiger partial charge in [0.15, 0.2) is 0 Å². The summed E-state index contributed by atoms with van der Waals surface area (Å²) in [5.41, 5.74) is 3.01. The molecule has 0 spiro atoms. The van der Waals surface area contributed by atoms with Crippen molar-refractivity contribution in [2.24, 2.45) is 0 Å². The van der Waals surface area contributed by atoms with Gasteiger partial charge in [0.1, 0.15) is 17.3 Å². The van der Waals surface area contributed by atoms with E-state index in [0.717, 1.165) is 29.9 Å². The summed E-state index contributed by atoms with van der Waals surface area (Å²) in [5.74, 6) is -0.274. The minimum Gasteiger partial charge on any atom is -0.458 e. The number of likely N-dealkylation sites (tertiary alicyclic amines) is 1. The Morgan fingerprint density at radius 2 is 1.87 bits per heavy atom. The maximum atomic E-state index is 13.3. The number of amides is 1. The molecule has 0 radical (unpaired) electrons. The summed E-state index contributed by atoms with van der Waals surface area (Å²) in [5, 5.41) is 0.465. The number of hydrogen-bond donors (Lipinski definition) is 0. The number of piperidine rings is 1. The van der Waals surface area contributed by atoms with Gasteiger partial charge >= 0.3 is 6.01 Å². The lowest BCUT2D eigenvalue weighted by Crippen LogP contribution is -2.45. The third-order valence-electron chi connectivity index (χ3n) is 5.53. The van der Waals surface area contributed by atoms with Gasteiger partial charge in [0.05, 0.1) is 11.9 Å². The second-order valence-corrected chi connectivity index (χ2v) is 8.05. The Kier molecular flexibility index (Phi) is 5.71. The lowest BCUT2D eigenvalue weighted by atomic mass is 10.1. The maximum Gasteiger partial charge on any atom is 0.317 e. The molecule has 3 aromatic rings. The van der Waals surface area contributed by atoms with E-state index in [-0.39, 0.29) is 23.0 Å². The quantitative estimate of drug-likeness (QED) is 0.643. The molecule has 1 unspecified atom stereocenters. The number of rotatable bonds is 4. The zero-order valence-corrected chi connectivity index (χ0v) is 18.4. The second-order valence-electron chi connectivity index (χ2n) is 8.05. The van der Waals surface area contributed by atoms with Crippen LogP contribution in [0.25, 0.3) is 11.0 Å². The predicted octanol–water partition coefficient (Wildman–Crippen LogP) is 2.82. The molecule has 1 aliphatic rings. The largest absolute Gasteiger partial charge is 0.458 e. The average molecular weight is 422 g/mol. The third kappa shape index (κ3) is 4.28. The van der Waals surface area contributed by atoms with Crippen LogP contribution in [0.3, 0.4) is 0 Å². The maximum absolute atomic E-state index is 13.3. The van der Waals surface area contributed by atoms with Gasteiger partial charge in [-0.2, -0.15) is 0 Å². The summed E-state index contributed by atoms with van der Waals surface area (Å²) in [6.07, 6.45) is 3.02. The molecular weight excluding hydrogens is 394 g/mol. The second kappa shape index (κ2) is 8.45. The molecule has 4 rings (SSSR count). The summed E-state index contributed by atoms with van der Waals surface area (Å²) >= 11 is 0. The molecule has 3 aromatic heterocycles.